The fourth-order valence-corrected chi connectivity index (χ4v) is 5.69. The Bertz CT molecular complexity index is 1210. The van der Waals surface area contributed by atoms with Crippen LogP contribution in [0.2, 0.25) is 0 Å². The number of anilines is 1. The van der Waals surface area contributed by atoms with Crippen molar-refractivity contribution >= 4 is 34.0 Å². The number of amides is 1. The number of aromatic amines is 1. The maximum atomic E-state index is 12.6. The lowest BCUT2D eigenvalue weighted by molar-refractivity contribution is -0.113. The first kappa shape index (κ1) is 21.3. The number of nitrogens with one attached hydrogen (secondary N) is 2. The first-order chi connectivity index (χ1) is 15.0. The van der Waals surface area contributed by atoms with E-state index in [9.17, 15) is 14.9 Å². The van der Waals surface area contributed by atoms with Gasteiger partial charge in [-0.25, -0.2) is 4.98 Å². The van der Waals surface area contributed by atoms with E-state index in [2.05, 4.69) is 21.4 Å². The molecule has 1 aliphatic carbocycles. The van der Waals surface area contributed by atoms with Crippen LogP contribution in [-0.4, -0.2) is 21.6 Å². The number of aryl methyl sites for hydroxylation is 2. The lowest BCUT2D eigenvalue weighted by atomic mass is 9.96. The second-order valence-electron chi connectivity index (χ2n) is 7.46. The number of hydrogen-bond donors (Lipinski definition) is 2. The molecule has 2 aromatic heterocycles. The quantitative estimate of drug-likeness (QED) is 0.433. The van der Waals surface area contributed by atoms with Crippen molar-refractivity contribution in [3.8, 4) is 6.07 Å². The summed E-state index contributed by atoms with van der Waals surface area (Å²) >= 11 is 2.69. The summed E-state index contributed by atoms with van der Waals surface area (Å²) in [5.41, 5.74) is 3.85. The van der Waals surface area contributed by atoms with Crippen molar-refractivity contribution in [2.75, 3.05) is 11.1 Å². The van der Waals surface area contributed by atoms with Crippen LogP contribution in [-0.2, 0) is 24.1 Å². The molecule has 0 spiro atoms. The van der Waals surface area contributed by atoms with Crippen molar-refractivity contribution in [1.82, 2.24) is 9.97 Å². The molecule has 0 aliphatic heterocycles. The van der Waals surface area contributed by atoms with Gasteiger partial charge in [0.15, 0.2) is 5.16 Å². The minimum Gasteiger partial charge on any atom is -0.316 e. The zero-order valence-electron chi connectivity index (χ0n) is 17.2. The molecule has 0 atom stereocenters. The van der Waals surface area contributed by atoms with Crippen molar-refractivity contribution < 1.29 is 4.79 Å². The minimum absolute atomic E-state index is 0.105. The summed E-state index contributed by atoms with van der Waals surface area (Å²) in [6.07, 6.45) is 4.60. The first-order valence-electron chi connectivity index (χ1n) is 10.2. The predicted octanol–water partition coefficient (Wildman–Crippen LogP) is 4.21. The van der Waals surface area contributed by atoms with Crippen molar-refractivity contribution in [2.24, 2.45) is 0 Å². The monoisotopic (exact) mass is 450 g/mol. The molecule has 1 amide bonds. The predicted molar refractivity (Wildman–Crippen MR) is 124 cm³/mol. The minimum atomic E-state index is -0.214. The third-order valence-electron chi connectivity index (χ3n) is 5.30. The molecule has 1 aromatic carbocycles. The zero-order chi connectivity index (χ0) is 21.8. The Kier molecular flexibility index (Phi) is 6.54. The summed E-state index contributed by atoms with van der Waals surface area (Å²) in [7, 11) is 0. The Hall–Kier alpha value is -2.89. The molecule has 6 nitrogen and oxygen atoms in total. The summed E-state index contributed by atoms with van der Waals surface area (Å²) in [4.78, 5) is 33.5. The van der Waals surface area contributed by atoms with Crippen molar-refractivity contribution in [2.45, 2.75) is 44.2 Å². The lowest BCUT2D eigenvalue weighted by Crippen LogP contribution is -2.19. The molecule has 8 heteroatoms. The Morgan fingerprint density at radius 2 is 2.06 bits per heavy atom. The Balaban J connectivity index is 1.42. The van der Waals surface area contributed by atoms with E-state index < -0.39 is 0 Å². The number of thioether (sulfide) groups is 1. The molecule has 158 valence electrons. The van der Waals surface area contributed by atoms with E-state index >= 15 is 0 Å². The van der Waals surface area contributed by atoms with Crippen LogP contribution in [0.5, 0.6) is 0 Å². The molecule has 3 aromatic rings. The highest BCUT2D eigenvalue weighted by molar-refractivity contribution is 7.99. The number of hydrogen-bond acceptors (Lipinski definition) is 6. The molecule has 2 N–H and O–H groups in total. The van der Waals surface area contributed by atoms with Gasteiger partial charge in [0, 0.05) is 22.6 Å². The van der Waals surface area contributed by atoms with Gasteiger partial charge < -0.3 is 10.3 Å². The molecular weight excluding hydrogens is 428 g/mol. The maximum absolute atomic E-state index is 12.6. The van der Waals surface area contributed by atoms with E-state index in [1.807, 2.05) is 37.3 Å². The number of thiophene rings is 1. The molecule has 4 rings (SSSR count). The van der Waals surface area contributed by atoms with Gasteiger partial charge in [0.25, 0.3) is 5.56 Å². The van der Waals surface area contributed by atoms with Crippen LogP contribution < -0.4 is 10.9 Å². The Morgan fingerprint density at radius 3 is 2.81 bits per heavy atom. The number of carbonyl (C=O) groups is 1. The van der Waals surface area contributed by atoms with Gasteiger partial charge in [-0.1, -0.05) is 42.1 Å². The van der Waals surface area contributed by atoms with Gasteiger partial charge in [-0.3, -0.25) is 9.59 Å². The fourth-order valence-electron chi connectivity index (χ4n) is 3.73. The van der Waals surface area contributed by atoms with Gasteiger partial charge in [0.2, 0.25) is 5.91 Å². The number of benzene rings is 1. The van der Waals surface area contributed by atoms with Gasteiger partial charge in [0.1, 0.15) is 11.1 Å². The fraction of sp³-hybridized carbons (Fsp3) is 0.304. The highest BCUT2D eigenvalue weighted by Crippen LogP contribution is 2.37. The van der Waals surface area contributed by atoms with Gasteiger partial charge in [-0.05, 0) is 43.7 Å². The highest BCUT2D eigenvalue weighted by atomic mass is 32.2. The van der Waals surface area contributed by atoms with E-state index in [0.29, 0.717) is 33.4 Å². The average molecular weight is 451 g/mol. The zero-order valence-corrected chi connectivity index (χ0v) is 18.8. The molecular formula is C23H22N4O2S2. The van der Waals surface area contributed by atoms with E-state index in [-0.39, 0.29) is 17.2 Å². The van der Waals surface area contributed by atoms with Gasteiger partial charge >= 0.3 is 0 Å². The number of nitriles is 1. The van der Waals surface area contributed by atoms with Crippen molar-refractivity contribution in [3.05, 3.63) is 73.5 Å². The topological polar surface area (TPSA) is 98.6 Å². The smallest absolute Gasteiger partial charge is 0.255 e. The SMILES string of the molecule is Cc1nc(SCC(=O)Nc2sc3c(c2C#N)CCCC3)[nH]c(=O)c1Cc1ccccc1. The number of fused-ring (bicyclic) bond motifs is 1. The Morgan fingerprint density at radius 1 is 1.29 bits per heavy atom. The standard InChI is InChI=1S/C23H22N4O2S2/c1-14-17(11-15-7-3-2-4-8-15)21(29)27-23(25-14)30-13-20(28)26-22-18(12-24)16-9-5-6-10-19(16)31-22/h2-4,7-8H,5-6,9-11,13H2,1H3,(H,26,28)(H,25,27,29). The third kappa shape index (κ3) is 4.89. The number of aromatic nitrogens is 2. The number of carbonyl (C=O) groups excluding carboxylic acids is 1. The second kappa shape index (κ2) is 9.50. The van der Waals surface area contributed by atoms with Crippen molar-refractivity contribution in [1.29, 1.82) is 5.26 Å². The van der Waals surface area contributed by atoms with Crippen LogP contribution in [0.3, 0.4) is 0 Å². The summed E-state index contributed by atoms with van der Waals surface area (Å²) in [5, 5.41) is 13.5. The number of rotatable bonds is 6. The molecule has 0 bridgehead atoms. The molecule has 0 radical (unpaired) electrons. The largest absolute Gasteiger partial charge is 0.316 e. The summed E-state index contributed by atoms with van der Waals surface area (Å²) in [6, 6.07) is 12.0. The van der Waals surface area contributed by atoms with Crippen LogP contribution in [0.1, 0.15) is 45.7 Å². The molecule has 31 heavy (non-hydrogen) atoms. The van der Waals surface area contributed by atoms with Crippen LogP contribution >= 0.6 is 23.1 Å². The van der Waals surface area contributed by atoms with Crippen molar-refractivity contribution in [3.63, 3.8) is 0 Å². The molecule has 2 heterocycles. The normalized spacial score (nSPS) is 12.8. The first-order valence-corrected chi connectivity index (χ1v) is 12.0. The van der Waals surface area contributed by atoms with Crippen LogP contribution in [0, 0.1) is 18.3 Å². The highest BCUT2D eigenvalue weighted by Gasteiger charge is 2.22. The van der Waals surface area contributed by atoms with Gasteiger partial charge in [-0.15, -0.1) is 11.3 Å². The average Bonchev–Trinajstić information content (AvgIpc) is 3.12. The molecule has 1 aliphatic rings. The molecule has 0 fully saturated rings. The molecule has 0 saturated carbocycles. The second-order valence-corrected chi connectivity index (χ2v) is 9.53. The van der Waals surface area contributed by atoms with E-state index in [0.717, 1.165) is 36.8 Å². The molecule has 0 saturated heterocycles. The number of H-pyrrole nitrogens is 1. The Labute approximate surface area is 188 Å². The number of nitrogens with zero attached hydrogens (tertiary/aromatic N) is 2. The van der Waals surface area contributed by atoms with Gasteiger partial charge in [0.05, 0.1) is 11.3 Å². The van der Waals surface area contributed by atoms with Crippen LogP contribution in [0.25, 0.3) is 0 Å². The summed E-state index contributed by atoms with van der Waals surface area (Å²) in [5.74, 6) is -0.109. The van der Waals surface area contributed by atoms with E-state index in [1.54, 1.807) is 0 Å². The molecule has 0 unspecified atom stereocenters. The lowest BCUT2D eigenvalue weighted by Gasteiger charge is -2.09. The maximum Gasteiger partial charge on any atom is 0.255 e. The van der Waals surface area contributed by atoms with Crippen LogP contribution in [0.4, 0.5) is 5.00 Å². The van der Waals surface area contributed by atoms with E-state index in [1.165, 1.54) is 28.0 Å². The van der Waals surface area contributed by atoms with E-state index in [4.69, 9.17) is 0 Å². The third-order valence-corrected chi connectivity index (χ3v) is 7.38. The van der Waals surface area contributed by atoms with Crippen LogP contribution in [0.15, 0.2) is 40.3 Å². The van der Waals surface area contributed by atoms with Gasteiger partial charge in [-0.2, -0.15) is 5.26 Å². The summed E-state index contributed by atoms with van der Waals surface area (Å²) in [6.45, 7) is 1.81. The summed E-state index contributed by atoms with van der Waals surface area (Å²) < 4.78 is 0.